The van der Waals surface area contributed by atoms with Gasteiger partial charge in [0.25, 0.3) is 0 Å². The summed E-state index contributed by atoms with van der Waals surface area (Å²) in [4.78, 5) is 0. The first-order valence-electron chi connectivity index (χ1n) is 5.92. The number of hydrogen-bond donors (Lipinski definition) is 0. The lowest BCUT2D eigenvalue weighted by molar-refractivity contribution is 1.01. The molecule has 0 radical (unpaired) electrons. The number of terminal acetylenes is 1. The third kappa shape index (κ3) is 4.09. The molecular weight excluding hydrogens is 220 g/mol. The van der Waals surface area contributed by atoms with Gasteiger partial charge in [0.15, 0.2) is 0 Å². The molecule has 88 valence electrons. The van der Waals surface area contributed by atoms with Crippen LogP contribution >= 0.6 is 0 Å². The van der Waals surface area contributed by atoms with Gasteiger partial charge in [-0.3, -0.25) is 0 Å². The molecule has 0 saturated heterocycles. The lowest BCUT2D eigenvalue weighted by Gasteiger charge is -2.23. The molecule has 1 unspecified atom stereocenters. The van der Waals surface area contributed by atoms with Gasteiger partial charge >= 0.3 is 0 Å². The van der Waals surface area contributed by atoms with Crippen molar-refractivity contribution in [3.8, 4) is 12.0 Å². The molecule has 1 rings (SSSR count). The zero-order valence-corrected chi connectivity index (χ0v) is 11.7. The minimum Gasteiger partial charge on any atom is -0.134 e. The normalized spacial score (nSPS) is 13.2. The molecule has 1 aromatic carbocycles. The first-order valence-corrected chi connectivity index (χ1v) is 9.00. The Balaban J connectivity index is 2.85. The van der Waals surface area contributed by atoms with E-state index in [9.17, 15) is 0 Å². The molecule has 1 atom stereocenters. The van der Waals surface area contributed by atoms with Gasteiger partial charge in [0, 0.05) is 0 Å². The molecule has 0 amide bonds. The first kappa shape index (κ1) is 13.5. The lowest BCUT2D eigenvalue weighted by atomic mass is 10.2. The SMILES string of the molecule is C#C[Si](C)(C)C(/C=C/c1ccccc1)CC=C. The minimum absolute atomic E-state index is 0.463. The van der Waals surface area contributed by atoms with E-state index in [4.69, 9.17) is 6.42 Å². The highest BCUT2D eigenvalue weighted by atomic mass is 28.3. The molecular formula is C16H20Si. The average Bonchev–Trinajstić information content (AvgIpc) is 2.35. The predicted molar refractivity (Wildman–Crippen MR) is 80.4 cm³/mol. The second kappa shape index (κ2) is 6.27. The van der Waals surface area contributed by atoms with Crippen LogP contribution in [0.5, 0.6) is 0 Å². The summed E-state index contributed by atoms with van der Waals surface area (Å²) < 4.78 is 0. The van der Waals surface area contributed by atoms with Crippen LogP contribution in [-0.4, -0.2) is 8.07 Å². The van der Waals surface area contributed by atoms with Gasteiger partial charge in [-0.05, 0) is 17.5 Å². The Hall–Kier alpha value is -1.52. The van der Waals surface area contributed by atoms with Crippen molar-refractivity contribution in [1.29, 1.82) is 0 Å². The molecule has 0 saturated carbocycles. The van der Waals surface area contributed by atoms with Crippen LogP contribution in [0.3, 0.4) is 0 Å². The van der Waals surface area contributed by atoms with E-state index in [-0.39, 0.29) is 0 Å². The van der Waals surface area contributed by atoms with Gasteiger partial charge in [0.05, 0.1) is 0 Å². The molecule has 0 N–H and O–H groups in total. The average molecular weight is 240 g/mol. The molecule has 0 aliphatic carbocycles. The van der Waals surface area contributed by atoms with Crippen LogP contribution in [0.15, 0.2) is 49.1 Å². The van der Waals surface area contributed by atoms with Crippen molar-refractivity contribution in [2.24, 2.45) is 0 Å². The van der Waals surface area contributed by atoms with E-state index in [2.05, 4.69) is 49.5 Å². The van der Waals surface area contributed by atoms with Crippen molar-refractivity contribution in [2.75, 3.05) is 0 Å². The van der Waals surface area contributed by atoms with Crippen LogP contribution in [0.4, 0.5) is 0 Å². The van der Waals surface area contributed by atoms with E-state index < -0.39 is 8.07 Å². The minimum atomic E-state index is -1.61. The van der Waals surface area contributed by atoms with Crippen molar-refractivity contribution in [3.05, 3.63) is 54.6 Å². The van der Waals surface area contributed by atoms with Crippen LogP contribution in [0.2, 0.25) is 18.6 Å². The van der Waals surface area contributed by atoms with Crippen molar-refractivity contribution < 1.29 is 0 Å². The second-order valence-electron chi connectivity index (χ2n) is 4.77. The Morgan fingerprint density at radius 3 is 2.53 bits per heavy atom. The van der Waals surface area contributed by atoms with Crippen LogP contribution in [0, 0.1) is 12.0 Å². The van der Waals surface area contributed by atoms with E-state index >= 15 is 0 Å². The van der Waals surface area contributed by atoms with Crippen LogP contribution in [0.1, 0.15) is 12.0 Å². The van der Waals surface area contributed by atoms with Gasteiger partial charge in [-0.15, -0.1) is 18.5 Å². The smallest absolute Gasteiger partial charge is 0.134 e. The van der Waals surface area contributed by atoms with Crippen molar-refractivity contribution in [3.63, 3.8) is 0 Å². The highest BCUT2D eigenvalue weighted by Gasteiger charge is 2.26. The highest BCUT2D eigenvalue weighted by Crippen LogP contribution is 2.27. The molecule has 0 aliphatic rings. The van der Waals surface area contributed by atoms with Crippen molar-refractivity contribution in [2.45, 2.75) is 25.1 Å². The molecule has 0 spiro atoms. The zero-order valence-electron chi connectivity index (χ0n) is 10.7. The van der Waals surface area contributed by atoms with E-state index in [1.54, 1.807) is 0 Å². The monoisotopic (exact) mass is 240 g/mol. The van der Waals surface area contributed by atoms with Crippen molar-refractivity contribution in [1.82, 2.24) is 0 Å². The molecule has 0 fully saturated rings. The summed E-state index contributed by atoms with van der Waals surface area (Å²) >= 11 is 0. The lowest BCUT2D eigenvalue weighted by Crippen LogP contribution is -2.29. The maximum Gasteiger partial charge on any atom is 0.139 e. The molecule has 0 aromatic heterocycles. The molecule has 0 nitrogen and oxygen atoms in total. The summed E-state index contributed by atoms with van der Waals surface area (Å²) in [7, 11) is -1.61. The van der Waals surface area contributed by atoms with E-state index in [1.165, 1.54) is 5.56 Å². The van der Waals surface area contributed by atoms with Crippen LogP contribution in [0.25, 0.3) is 6.08 Å². The fourth-order valence-corrected chi connectivity index (χ4v) is 3.24. The maximum absolute atomic E-state index is 5.65. The largest absolute Gasteiger partial charge is 0.139 e. The van der Waals surface area contributed by atoms with Gasteiger partial charge in [-0.1, -0.05) is 61.7 Å². The van der Waals surface area contributed by atoms with Gasteiger partial charge in [-0.25, -0.2) is 0 Å². The van der Waals surface area contributed by atoms with E-state index in [1.807, 2.05) is 24.3 Å². The van der Waals surface area contributed by atoms with Gasteiger partial charge < -0.3 is 0 Å². The predicted octanol–water partition coefficient (Wildman–Crippen LogP) is 4.53. The standard InChI is InChI=1S/C16H20Si/c1-5-10-16(17(3,4)6-2)14-13-15-11-8-7-9-12-15/h2,5,7-9,11-14,16H,1,10H2,3-4H3/b14-13+. The summed E-state index contributed by atoms with van der Waals surface area (Å²) in [6, 6.07) is 10.3. The third-order valence-electron chi connectivity index (χ3n) is 3.04. The topological polar surface area (TPSA) is 0 Å². The molecule has 1 aromatic rings. The third-order valence-corrected chi connectivity index (χ3v) is 6.07. The van der Waals surface area contributed by atoms with E-state index in [0.29, 0.717) is 5.54 Å². The molecule has 1 heteroatoms. The number of allylic oxidation sites excluding steroid dienone is 2. The first-order chi connectivity index (χ1) is 8.10. The van der Waals surface area contributed by atoms with Crippen molar-refractivity contribution >= 4 is 14.1 Å². The molecule has 0 heterocycles. The Morgan fingerprint density at radius 1 is 1.35 bits per heavy atom. The Labute approximate surface area is 106 Å². The summed E-state index contributed by atoms with van der Waals surface area (Å²) in [5.74, 6) is 0. The fraction of sp³-hybridized carbons (Fsp3) is 0.250. The Bertz CT molecular complexity index is 421. The highest BCUT2D eigenvalue weighted by molar-refractivity contribution is 6.86. The molecule has 17 heavy (non-hydrogen) atoms. The Morgan fingerprint density at radius 2 is 2.00 bits per heavy atom. The van der Waals surface area contributed by atoms with Crippen LogP contribution < -0.4 is 0 Å². The molecule has 0 aliphatic heterocycles. The summed E-state index contributed by atoms with van der Waals surface area (Å²) in [6.07, 6.45) is 13.0. The summed E-state index contributed by atoms with van der Waals surface area (Å²) in [6.45, 7) is 8.29. The number of benzene rings is 1. The van der Waals surface area contributed by atoms with Gasteiger partial charge in [0.2, 0.25) is 0 Å². The number of rotatable bonds is 5. The quantitative estimate of drug-likeness (QED) is 0.403. The van der Waals surface area contributed by atoms with E-state index in [0.717, 1.165) is 6.42 Å². The Kier molecular flexibility index (Phi) is 5.00. The second-order valence-corrected chi connectivity index (χ2v) is 9.24. The van der Waals surface area contributed by atoms with Gasteiger partial charge in [-0.2, -0.15) is 0 Å². The molecule has 0 bridgehead atoms. The number of hydrogen-bond acceptors (Lipinski definition) is 0. The van der Waals surface area contributed by atoms with Gasteiger partial charge in [0.1, 0.15) is 8.07 Å². The summed E-state index contributed by atoms with van der Waals surface area (Å²) in [5.41, 5.74) is 4.69. The van der Waals surface area contributed by atoms with Crippen LogP contribution in [-0.2, 0) is 0 Å². The fourth-order valence-electron chi connectivity index (χ4n) is 1.69. The zero-order chi connectivity index (χ0) is 12.7. The summed E-state index contributed by atoms with van der Waals surface area (Å²) in [5, 5.41) is 0. The maximum atomic E-state index is 5.65.